The van der Waals surface area contributed by atoms with E-state index in [0.717, 1.165) is 23.9 Å². The summed E-state index contributed by atoms with van der Waals surface area (Å²) in [4.78, 5) is 17.8. The van der Waals surface area contributed by atoms with E-state index in [1.807, 2.05) is 0 Å². The summed E-state index contributed by atoms with van der Waals surface area (Å²) in [5.41, 5.74) is 0.288. The average Bonchev–Trinajstić information content (AvgIpc) is 3.02. The zero-order valence-corrected chi connectivity index (χ0v) is 14.9. The Morgan fingerprint density at radius 3 is 2.77 bits per heavy atom. The highest BCUT2D eigenvalue weighted by Gasteiger charge is 2.34. The van der Waals surface area contributed by atoms with Crippen LogP contribution in [0.1, 0.15) is 34.0 Å². The van der Waals surface area contributed by atoms with Crippen molar-refractivity contribution in [1.82, 2.24) is 10.3 Å². The Labute approximate surface area is 153 Å². The number of ether oxygens (including phenoxy) is 1. The number of alkyl halides is 3. The van der Waals surface area contributed by atoms with Crippen LogP contribution in [0.5, 0.6) is 5.75 Å². The number of thiazole rings is 1. The molecular weight excluding hydrogens is 365 g/mol. The van der Waals surface area contributed by atoms with Crippen molar-refractivity contribution in [2.24, 2.45) is 0 Å². The van der Waals surface area contributed by atoms with E-state index in [0.29, 0.717) is 13.0 Å². The van der Waals surface area contributed by atoms with Crippen molar-refractivity contribution in [3.05, 3.63) is 45.4 Å². The number of rotatable bonds is 6. The smallest absolute Gasteiger partial charge is 0.419 e. The van der Waals surface area contributed by atoms with Crippen molar-refractivity contribution in [2.75, 3.05) is 13.2 Å². The van der Waals surface area contributed by atoms with E-state index in [-0.39, 0.29) is 5.75 Å². The third-order valence-corrected chi connectivity index (χ3v) is 5.32. The Balaban J connectivity index is 1.46. The number of hydrogen-bond acceptors (Lipinski definition) is 4. The van der Waals surface area contributed by atoms with Crippen LogP contribution in [0, 0.1) is 0 Å². The van der Waals surface area contributed by atoms with E-state index in [1.54, 1.807) is 11.3 Å². The first kappa shape index (κ1) is 18.7. The van der Waals surface area contributed by atoms with Gasteiger partial charge in [-0.1, -0.05) is 12.1 Å². The number of nitrogens with zero attached hydrogens (tertiary/aromatic N) is 1. The van der Waals surface area contributed by atoms with E-state index >= 15 is 0 Å². The van der Waals surface area contributed by atoms with Crippen molar-refractivity contribution in [2.45, 2.75) is 38.3 Å². The molecule has 3 rings (SSSR count). The molecule has 26 heavy (non-hydrogen) atoms. The molecular formula is C18H19F3N2O2S. The molecule has 0 radical (unpaired) electrons. The van der Waals surface area contributed by atoms with Gasteiger partial charge in [-0.25, -0.2) is 4.98 Å². The average molecular weight is 384 g/mol. The Hall–Kier alpha value is -2.09. The highest BCUT2D eigenvalue weighted by Crippen LogP contribution is 2.35. The standard InChI is InChI=1S/C18H19F3N2O2S/c19-18(20,21)12-5-1-3-7-14(12)25-11-16(24)22-10-9-17-23-13-6-2-4-8-15(13)26-17/h1,3,5,7H,2,4,6,8-11H2,(H,22,24). The number of hydrogen-bond donors (Lipinski definition) is 1. The molecule has 0 bridgehead atoms. The fourth-order valence-electron chi connectivity index (χ4n) is 2.84. The van der Waals surface area contributed by atoms with Gasteiger partial charge in [0.1, 0.15) is 5.75 Å². The number of benzene rings is 1. The number of para-hydroxylation sites is 1. The molecule has 1 aromatic carbocycles. The SMILES string of the molecule is O=C(COc1ccccc1C(F)(F)F)NCCc1nc2c(s1)CCCC2. The van der Waals surface area contributed by atoms with Gasteiger partial charge in [-0.2, -0.15) is 13.2 Å². The van der Waals surface area contributed by atoms with Gasteiger partial charge in [0.05, 0.1) is 16.3 Å². The third-order valence-electron chi connectivity index (χ3n) is 4.10. The monoisotopic (exact) mass is 384 g/mol. The number of aromatic nitrogens is 1. The number of carbonyl (C=O) groups is 1. The van der Waals surface area contributed by atoms with Crippen molar-refractivity contribution in [3.8, 4) is 5.75 Å². The maximum Gasteiger partial charge on any atom is 0.419 e. The van der Waals surface area contributed by atoms with Gasteiger partial charge in [-0.3, -0.25) is 4.79 Å². The second-order valence-corrected chi connectivity index (χ2v) is 7.24. The third kappa shape index (κ3) is 4.75. The molecule has 1 N–H and O–H groups in total. The Morgan fingerprint density at radius 2 is 2.00 bits per heavy atom. The Bertz CT molecular complexity index is 751. The lowest BCUT2D eigenvalue weighted by atomic mass is 10.0. The fraction of sp³-hybridized carbons (Fsp3) is 0.444. The molecule has 0 fully saturated rings. The summed E-state index contributed by atoms with van der Waals surface area (Å²) in [6.45, 7) is -0.0725. The number of fused-ring (bicyclic) bond motifs is 1. The number of aryl methyl sites for hydroxylation is 2. The molecule has 2 aromatic rings. The van der Waals surface area contributed by atoms with Crippen LogP contribution in [-0.2, 0) is 30.2 Å². The molecule has 1 aliphatic rings. The van der Waals surface area contributed by atoms with Crippen LogP contribution in [0.25, 0.3) is 0 Å². The number of halogens is 3. The van der Waals surface area contributed by atoms with Gasteiger partial charge in [-0.05, 0) is 37.8 Å². The minimum absolute atomic E-state index is 0.345. The van der Waals surface area contributed by atoms with Gasteiger partial charge >= 0.3 is 6.18 Å². The maximum atomic E-state index is 12.9. The van der Waals surface area contributed by atoms with Gasteiger partial charge in [-0.15, -0.1) is 11.3 Å². The highest BCUT2D eigenvalue weighted by molar-refractivity contribution is 7.11. The predicted octanol–water partition coefficient (Wildman–Crippen LogP) is 3.78. The van der Waals surface area contributed by atoms with Gasteiger partial charge in [0.2, 0.25) is 0 Å². The predicted molar refractivity (Wildman–Crippen MR) is 92.4 cm³/mol. The van der Waals surface area contributed by atoms with Gasteiger partial charge in [0, 0.05) is 17.8 Å². The van der Waals surface area contributed by atoms with Crippen LogP contribution >= 0.6 is 11.3 Å². The minimum atomic E-state index is -4.52. The normalized spacial score (nSPS) is 14.0. The first-order valence-corrected chi connectivity index (χ1v) is 9.28. The Kier molecular flexibility index (Phi) is 5.80. The topological polar surface area (TPSA) is 51.2 Å². The largest absolute Gasteiger partial charge is 0.483 e. The van der Waals surface area contributed by atoms with Gasteiger partial charge in [0.15, 0.2) is 6.61 Å². The van der Waals surface area contributed by atoms with Crippen LogP contribution in [0.4, 0.5) is 13.2 Å². The Morgan fingerprint density at radius 1 is 1.23 bits per heavy atom. The molecule has 1 heterocycles. The van der Waals surface area contributed by atoms with Crippen molar-refractivity contribution < 1.29 is 22.7 Å². The summed E-state index contributed by atoms with van der Waals surface area (Å²) in [5, 5.41) is 3.65. The van der Waals surface area contributed by atoms with Crippen molar-refractivity contribution >= 4 is 17.2 Å². The number of carbonyl (C=O) groups excluding carboxylic acids is 1. The molecule has 0 unspecified atom stereocenters. The second kappa shape index (κ2) is 8.07. The van der Waals surface area contributed by atoms with Gasteiger partial charge in [0.25, 0.3) is 5.91 Å². The van der Waals surface area contributed by atoms with Crippen LogP contribution in [-0.4, -0.2) is 24.0 Å². The summed E-state index contributed by atoms with van der Waals surface area (Å²) >= 11 is 1.68. The molecule has 1 aromatic heterocycles. The summed E-state index contributed by atoms with van der Waals surface area (Å²) in [6, 6.07) is 4.85. The highest BCUT2D eigenvalue weighted by atomic mass is 32.1. The summed E-state index contributed by atoms with van der Waals surface area (Å²) in [7, 11) is 0. The lowest BCUT2D eigenvalue weighted by molar-refractivity contribution is -0.139. The molecule has 0 atom stereocenters. The molecule has 0 saturated heterocycles. The summed E-state index contributed by atoms with van der Waals surface area (Å²) < 4.78 is 43.7. The molecule has 140 valence electrons. The minimum Gasteiger partial charge on any atom is -0.483 e. The first-order valence-electron chi connectivity index (χ1n) is 8.46. The first-order chi connectivity index (χ1) is 12.4. The van der Waals surface area contributed by atoms with Crippen LogP contribution in [0.3, 0.4) is 0 Å². The van der Waals surface area contributed by atoms with Crippen molar-refractivity contribution in [1.29, 1.82) is 0 Å². The molecule has 0 saturated carbocycles. The van der Waals surface area contributed by atoms with Gasteiger partial charge < -0.3 is 10.1 Å². The van der Waals surface area contributed by atoms with Crippen molar-refractivity contribution in [3.63, 3.8) is 0 Å². The lowest BCUT2D eigenvalue weighted by Gasteiger charge is -2.13. The molecule has 0 spiro atoms. The fourth-order valence-corrected chi connectivity index (χ4v) is 4.00. The van der Waals surface area contributed by atoms with E-state index < -0.39 is 24.3 Å². The summed E-state index contributed by atoms with van der Waals surface area (Å²) in [5.74, 6) is -0.800. The maximum absolute atomic E-state index is 12.9. The van der Waals surface area contributed by atoms with Crippen LogP contribution < -0.4 is 10.1 Å². The molecule has 4 nitrogen and oxygen atoms in total. The lowest BCUT2D eigenvalue weighted by Crippen LogP contribution is -2.30. The quantitative estimate of drug-likeness (QED) is 0.825. The zero-order chi connectivity index (χ0) is 18.6. The molecule has 0 aliphatic heterocycles. The molecule has 8 heteroatoms. The van der Waals surface area contributed by atoms with E-state index in [1.165, 1.54) is 41.6 Å². The van der Waals surface area contributed by atoms with Crippen LogP contribution in [0.2, 0.25) is 0 Å². The van der Waals surface area contributed by atoms with E-state index in [2.05, 4.69) is 10.3 Å². The van der Waals surface area contributed by atoms with E-state index in [9.17, 15) is 18.0 Å². The zero-order valence-electron chi connectivity index (χ0n) is 14.1. The summed E-state index contributed by atoms with van der Waals surface area (Å²) in [6.07, 6.45) is 0.557. The number of amides is 1. The molecule has 1 aliphatic carbocycles. The second-order valence-electron chi connectivity index (χ2n) is 6.07. The van der Waals surface area contributed by atoms with Crippen LogP contribution in [0.15, 0.2) is 24.3 Å². The van der Waals surface area contributed by atoms with E-state index in [4.69, 9.17) is 4.74 Å². The molecule has 1 amide bonds. The number of nitrogens with one attached hydrogen (secondary N) is 1.